The van der Waals surface area contributed by atoms with Crippen LogP contribution in [0.1, 0.15) is 81.4 Å². The van der Waals surface area contributed by atoms with Crippen LogP contribution in [0.15, 0.2) is 12.1 Å². The zero-order valence-corrected chi connectivity index (χ0v) is 21.4. The molecule has 0 spiro atoms. The average molecular weight is 461 g/mol. The van der Waals surface area contributed by atoms with Crippen LogP contribution in [0.25, 0.3) is 9.75 Å². The Kier molecular flexibility index (Phi) is 6.26. The van der Waals surface area contributed by atoms with Gasteiger partial charge in [-0.2, -0.15) is 0 Å². The molecule has 0 nitrogen and oxygen atoms in total. The predicted octanol–water partition coefficient (Wildman–Crippen LogP) is 7.52. The van der Waals surface area contributed by atoms with Crippen molar-refractivity contribution in [1.29, 1.82) is 0 Å². The van der Waals surface area contributed by atoms with Crippen molar-refractivity contribution < 1.29 is 0 Å². The van der Waals surface area contributed by atoms with Gasteiger partial charge in [-0.3, -0.25) is 0 Å². The SMILES string of the molecule is CCCCC(CC)[CH2][Ge]1([CH]2CCCCC2)[c]2cc(C)sc2-c2sc(C)c[c]21. The molecule has 2 aromatic heterocycles. The van der Waals surface area contributed by atoms with Crippen LogP contribution < -0.4 is 8.79 Å². The molecule has 1 fully saturated rings. The molecule has 2 aromatic rings. The average Bonchev–Trinajstić information content (AvgIpc) is 3.31. The third-order valence-corrected chi connectivity index (χ3v) is 22.7. The molecule has 3 heteroatoms. The van der Waals surface area contributed by atoms with Crippen LogP contribution in [0.2, 0.25) is 10.0 Å². The minimum absolute atomic E-state index is 0.950. The Morgan fingerprint density at radius 3 is 2.07 bits per heavy atom. The number of hydrogen-bond acceptors (Lipinski definition) is 2. The molecule has 1 saturated carbocycles. The second-order valence-electron chi connectivity index (χ2n) is 9.13. The van der Waals surface area contributed by atoms with Crippen LogP contribution in [0, 0.1) is 19.8 Å². The van der Waals surface area contributed by atoms with Crippen molar-refractivity contribution in [2.75, 3.05) is 0 Å². The molecule has 148 valence electrons. The van der Waals surface area contributed by atoms with Crippen LogP contribution in [0.3, 0.4) is 0 Å². The molecule has 1 atom stereocenters. The molecule has 1 aliphatic heterocycles. The third-order valence-electron chi connectivity index (χ3n) is 7.33. The fraction of sp³-hybridized carbons (Fsp3) is 0.667. The summed E-state index contributed by atoms with van der Waals surface area (Å²) < 4.78 is 4.87. The Labute approximate surface area is 177 Å². The first-order valence-corrected chi connectivity index (χ1v) is 17.7. The minimum atomic E-state index is -2.33. The Hall–Kier alpha value is -0.0571. The van der Waals surface area contributed by atoms with E-state index >= 15 is 0 Å². The van der Waals surface area contributed by atoms with Crippen molar-refractivity contribution in [1.82, 2.24) is 0 Å². The summed E-state index contributed by atoms with van der Waals surface area (Å²) >= 11 is 1.89. The molecule has 3 heterocycles. The summed E-state index contributed by atoms with van der Waals surface area (Å²) in [7, 11) is 0. The van der Waals surface area contributed by atoms with Crippen LogP contribution in [0.5, 0.6) is 0 Å². The Morgan fingerprint density at radius 1 is 0.963 bits per heavy atom. The molecular formula is C24H36GeS2. The zero-order valence-electron chi connectivity index (χ0n) is 17.7. The van der Waals surface area contributed by atoms with Gasteiger partial charge in [0.25, 0.3) is 0 Å². The van der Waals surface area contributed by atoms with E-state index in [1.54, 1.807) is 24.8 Å². The molecule has 1 aliphatic carbocycles. The first-order valence-electron chi connectivity index (χ1n) is 11.3. The first-order chi connectivity index (χ1) is 13.1. The monoisotopic (exact) mass is 462 g/mol. The van der Waals surface area contributed by atoms with E-state index in [-0.39, 0.29) is 0 Å². The standard InChI is InChI=1S/C24H36GeS2/c1-5-7-11-19(6-2)16-25(20-12-9-8-10-13-20)21-14-17(3)26-23(21)24-22(25)15-18(4)27-24/h14-15,19-20H,5-13,16H2,1-4H3. The summed E-state index contributed by atoms with van der Waals surface area (Å²) in [6.07, 6.45) is 13.1. The van der Waals surface area contributed by atoms with E-state index in [2.05, 4.69) is 62.5 Å². The van der Waals surface area contributed by atoms with Crippen molar-refractivity contribution in [3.63, 3.8) is 0 Å². The molecular weight excluding hydrogens is 425 g/mol. The van der Waals surface area contributed by atoms with E-state index < -0.39 is 13.3 Å². The zero-order chi connectivity index (χ0) is 19.0. The summed E-state index contributed by atoms with van der Waals surface area (Å²) in [5, 5.41) is 1.58. The molecule has 0 aromatic carbocycles. The van der Waals surface area contributed by atoms with Crippen molar-refractivity contribution in [2.24, 2.45) is 5.92 Å². The Morgan fingerprint density at radius 2 is 1.56 bits per heavy atom. The maximum absolute atomic E-state index is 2.67. The number of hydrogen-bond donors (Lipinski definition) is 0. The topological polar surface area (TPSA) is 0 Å². The Balaban J connectivity index is 1.84. The molecule has 0 saturated heterocycles. The van der Waals surface area contributed by atoms with Crippen LogP contribution in [-0.4, -0.2) is 13.3 Å². The van der Waals surface area contributed by atoms with Crippen molar-refractivity contribution in [2.45, 2.75) is 95.5 Å². The molecule has 0 N–H and O–H groups in total. The van der Waals surface area contributed by atoms with Gasteiger partial charge < -0.3 is 0 Å². The van der Waals surface area contributed by atoms with Crippen molar-refractivity contribution in [3.05, 3.63) is 21.9 Å². The number of rotatable bonds is 7. The quantitative estimate of drug-likeness (QED) is 0.374. The van der Waals surface area contributed by atoms with E-state index in [4.69, 9.17) is 0 Å². The van der Waals surface area contributed by atoms with Crippen molar-refractivity contribution in [3.8, 4) is 9.75 Å². The van der Waals surface area contributed by atoms with Gasteiger partial charge in [-0.05, 0) is 0 Å². The van der Waals surface area contributed by atoms with Gasteiger partial charge in [0.15, 0.2) is 0 Å². The van der Waals surface area contributed by atoms with Gasteiger partial charge in [0.05, 0.1) is 0 Å². The third kappa shape index (κ3) is 3.53. The summed E-state index contributed by atoms with van der Waals surface area (Å²) in [4.78, 5) is 6.56. The maximum atomic E-state index is 2.67. The molecule has 2 aliphatic rings. The second kappa shape index (κ2) is 8.36. The number of fused-ring (bicyclic) bond motifs is 3. The van der Waals surface area contributed by atoms with Gasteiger partial charge in [0.2, 0.25) is 0 Å². The first kappa shape index (κ1) is 20.2. The number of unbranched alkanes of at least 4 members (excludes halogenated alkanes) is 1. The van der Waals surface area contributed by atoms with E-state index in [0.717, 1.165) is 10.7 Å². The molecule has 0 bridgehead atoms. The van der Waals surface area contributed by atoms with E-state index in [1.165, 1.54) is 57.8 Å². The predicted molar refractivity (Wildman–Crippen MR) is 127 cm³/mol. The summed E-state index contributed by atoms with van der Waals surface area (Å²) in [5.41, 5.74) is 0. The van der Waals surface area contributed by atoms with Crippen LogP contribution in [-0.2, 0) is 0 Å². The van der Waals surface area contributed by atoms with Crippen LogP contribution >= 0.6 is 22.7 Å². The normalized spacial score (nSPS) is 19.9. The van der Waals surface area contributed by atoms with Gasteiger partial charge in [-0.1, -0.05) is 0 Å². The van der Waals surface area contributed by atoms with Crippen molar-refractivity contribution >= 4 is 44.7 Å². The summed E-state index contributed by atoms with van der Waals surface area (Å²) in [6.45, 7) is 9.53. The van der Waals surface area contributed by atoms with Gasteiger partial charge in [0.1, 0.15) is 0 Å². The van der Waals surface area contributed by atoms with Gasteiger partial charge in [0, 0.05) is 0 Å². The van der Waals surface area contributed by atoms with Gasteiger partial charge in [-0.25, -0.2) is 0 Å². The summed E-state index contributed by atoms with van der Waals surface area (Å²) in [5.74, 6) is 0.950. The summed E-state index contributed by atoms with van der Waals surface area (Å²) in [6, 6.07) is 5.34. The number of aryl methyl sites for hydroxylation is 2. The van der Waals surface area contributed by atoms with Gasteiger partial charge in [-0.15, -0.1) is 0 Å². The number of thiophene rings is 2. The Bertz CT molecular complexity index is 732. The molecule has 0 radical (unpaired) electrons. The van der Waals surface area contributed by atoms with E-state index in [1.807, 2.05) is 8.79 Å². The van der Waals surface area contributed by atoms with E-state index in [9.17, 15) is 0 Å². The fourth-order valence-corrected chi connectivity index (χ4v) is 25.5. The molecule has 0 amide bonds. The molecule has 4 rings (SSSR count). The van der Waals surface area contributed by atoms with Crippen LogP contribution in [0.4, 0.5) is 0 Å². The molecule has 27 heavy (non-hydrogen) atoms. The fourth-order valence-electron chi connectivity index (χ4n) is 5.99. The van der Waals surface area contributed by atoms with E-state index in [0.29, 0.717) is 0 Å². The van der Waals surface area contributed by atoms with Gasteiger partial charge >= 0.3 is 178 Å². The second-order valence-corrected chi connectivity index (χ2v) is 20.5. The molecule has 1 unspecified atom stereocenters.